The first-order chi connectivity index (χ1) is 10.3. The van der Waals surface area contributed by atoms with Crippen molar-refractivity contribution in [1.82, 2.24) is 9.55 Å². The van der Waals surface area contributed by atoms with Gasteiger partial charge in [0.15, 0.2) is 0 Å². The molecule has 2 aromatic rings. The van der Waals surface area contributed by atoms with Crippen LogP contribution in [0.4, 0.5) is 0 Å². The molecule has 1 aliphatic carbocycles. The molecule has 1 saturated carbocycles. The molecule has 0 spiro atoms. The fourth-order valence-electron chi connectivity index (χ4n) is 3.40. The second kappa shape index (κ2) is 6.49. The van der Waals surface area contributed by atoms with Gasteiger partial charge in [-0.2, -0.15) is 5.26 Å². The maximum Gasteiger partial charge on any atom is 0.111 e. The number of aryl methyl sites for hydroxylation is 1. The average Bonchev–Trinajstić information content (AvgIpc) is 2.68. The fourth-order valence-corrected chi connectivity index (χ4v) is 3.57. The van der Waals surface area contributed by atoms with E-state index in [1.165, 1.54) is 38.5 Å². The van der Waals surface area contributed by atoms with E-state index < -0.39 is 0 Å². The van der Waals surface area contributed by atoms with Gasteiger partial charge in [-0.3, -0.25) is 0 Å². The monoisotopic (exact) mass is 301 g/mol. The van der Waals surface area contributed by atoms with Gasteiger partial charge >= 0.3 is 0 Å². The molecule has 1 aliphatic rings. The lowest BCUT2D eigenvalue weighted by Gasteiger charge is -2.20. The smallest absolute Gasteiger partial charge is 0.111 e. The Balaban J connectivity index is 2.11. The highest BCUT2D eigenvalue weighted by atomic mass is 35.5. The molecule has 4 heteroatoms. The molecule has 0 radical (unpaired) electrons. The summed E-state index contributed by atoms with van der Waals surface area (Å²) in [6.45, 7) is 0. The topological polar surface area (TPSA) is 41.6 Å². The van der Waals surface area contributed by atoms with Crippen molar-refractivity contribution in [2.75, 3.05) is 5.88 Å². The van der Waals surface area contributed by atoms with E-state index in [2.05, 4.69) is 10.6 Å². The van der Waals surface area contributed by atoms with E-state index in [-0.39, 0.29) is 0 Å². The van der Waals surface area contributed by atoms with Gasteiger partial charge in [0, 0.05) is 18.3 Å². The summed E-state index contributed by atoms with van der Waals surface area (Å²) in [5.74, 6) is 1.66. The first-order valence-corrected chi connectivity index (χ1v) is 8.34. The SMILES string of the molecule is N#Cc1ccc2nc(CCCl)n(C3CCCCCC3)c2c1. The lowest BCUT2D eigenvalue weighted by atomic mass is 10.1. The highest BCUT2D eigenvalue weighted by Crippen LogP contribution is 2.32. The van der Waals surface area contributed by atoms with Gasteiger partial charge in [-0.05, 0) is 31.0 Å². The largest absolute Gasteiger partial charge is 0.325 e. The second-order valence-corrected chi connectivity index (χ2v) is 6.18. The number of halogens is 1. The summed E-state index contributed by atoms with van der Waals surface area (Å²) in [7, 11) is 0. The van der Waals surface area contributed by atoms with E-state index in [1.54, 1.807) is 0 Å². The van der Waals surface area contributed by atoms with Crippen molar-refractivity contribution in [2.45, 2.75) is 51.0 Å². The third kappa shape index (κ3) is 2.91. The van der Waals surface area contributed by atoms with Crippen LogP contribution in [0.15, 0.2) is 18.2 Å². The Morgan fingerprint density at radius 2 is 2.00 bits per heavy atom. The highest BCUT2D eigenvalue weighted by molar-refractivity contribution is 6.17. The molecule has 1 heterocycles. The number of hydrogen-bond acceptors (Lipinski definition) is 2. The summed E-state index contributed by atoms with van der Waals surface area (Å²) in [6.07, 6.45) is 8.42. The van der Waals surface area contributed by atoms with Gasteiger partial charge in [0.05, 0.1) is 22.7 Å². The van der Waals surface area contributed by atoms with Gasteiger partial charge < -0.3 is 4.57 Å². The Kier molecular flexibility index (Phi) is 4.45. The van der Waals surface area contributed by atoms with E-state index in [1.807, 2.05) is 18.2 Å². The van der Waals surface area contributed by atoms with Crippen molar-refractivity contribution in [3.63, 3.8) is 0 Å². The van der Waals surface area contributed by atoms with E-state index in [4.69, 9.17) is 21.8 Å². The van der Waals surface area contributed by atoms with Crippen LogP contribution >= 0.6 is 11.6 Å². The minimum absolute atomic E-state index is 0.504. The molecule has 21 heavy (non-hydrogen) atoms. The van der Waals surface area contributed by atoms with Crippen LogP contribution in [-0.2, 0) is 6.42 Å². The average molecular weight is 302 g/mol. The molecule has 0 saturated heterocycles. The number of nitrogens with zero attached hydrogens (tertiary/aromatic N) is 3. The molecule has 1 aromatic carbocycles. The Labute approximate surface area is 130 Å². The van der Waals surface area contributed by atoms with Gasteiger partial charge in [-0.1, -0.05) is 25.7 Å². The van der Waals surface area contributed by atoms with Crippen molar-refractivity contribution in [2.24, 2.45) is 0 Å². The Morgan fingerprint density at radius 3 is 2.67 bits per heavy atom. The molecular formula is C17H20ClN3. The Hall–Kier alpha value is -1.53. The van der Waals surface area contributed by atoms with Crippen LogP contribution in [0.2, 0.25) is 0 Å². The number of imidazole rings is 1. The number of alkyl halides is 1. The van der Waals surface area contributed by atoms with Crippen molar-refractivity contribution in [3.8, 4) is 6.07 Å². The van der Waals surface area contributed by atoms with Gasteiger partial charge in [0.1, 0.15) is 5.82 Å². The molecular weight excluding hydrogens is 282 g/mol. The fraction of sp³-hybridized carbons (Fsp3) is 0.529. The third-order valence-electron chi connectivity index (χ3n) is 4.40. The number of fused-ring (bicyclic) bond motifs is 1. The Bertz CT molecular complexity index is 660. The number of benzene rings is 1. The number of nitriles is 1. The van der Waals surface area contributed by atoms with E-state index in [9.17, 15) is 0 Å². The molecule has 3 nitrogen and oxygen atoms in total. The predicted molar refractivity (Wildman–Crippen MR) is 85.6 cm³/mol. The molecule has 1 aromatic heterocycles. The minimum atomic E-state index is 0.504. The summed E-state index contributed by atoms with van der Waals surface area (Å²) < 4.78 is 2.36. The summed E-state index contributed by atoms with van der Waals surface area (Å²) in [5, 5.41) is 9.15. The molecule has 110 valence electrons. The molecule has 0 bridgehead atoms. The zero-order chi connectivity index (χ0) is 14.7. The molecule has 0 amide bonds. The molecule has 0 atom stereocenters. The first-order valence-electron chi connectivity index (χ1n) is 7.80. The highest BCUT2D eigenvalue weighted by Gasteiger charge is 2.20. The minimum Gasteiger partial charge on any atom is -0.325 e. The molecule has 3 rings (SSSR count). The molecule has 1 fully saturated rings. The molecule has 0 aliphatic heterocycles. The van der Waals surface area contributed by atoms with Gasteiger partial charge in [-0.15, -0.1) is 11.6 Å². The van der Waals surface area contributed by atoms with Gasteiger partial charge in [0.25, 0.3) is 0 Å². The van der Waals surface area contributed by atoms with Crippen molar-refractivity contribution in [1.29, 1.82) is 5.26 Å². The lowest BCUT2D eigenvalue weighted by molar-refractivity contribution is 0.441. The van der Waals surface area contributed by atoms with E-state index in [0.717, 1.165) is 23.3 Å². The maximum absolute atomic E-state index is 9.15. The Morgan fingerprint density at radius 1 is 1.24 bits per heavy atom. The normalized spacial score (nSPS) is 16.8. The van der Waals surface area contributed by atoms with Gasteiger partial charge in [-0.25, -0.2) is 4.98 Å². The number of aromatic nitrogens is 2. The summed E-state index contributed by atoms with van der Waals surface area (Å²) >= 11 is 5.96. The van der Waals surface area contributed by atoms with E-state index in [0.29, 0.717) is 17.5 Å². The summed E-state index contributed by atoms with van der Waals surface area (Å²) in [4.78, 5) is 4.75. The van der Waals surface area contributed by atoms with Crippen LogP contribution < -0.4 is 0 Å². The standard InChI is InChI=1S/C17H20ClN3/c18-10-9-17-20-15-8-7-13(12-19)11-16(15)21(17)14-5-3-1-2-4-6-14/h7-8,11,14H,1-6,9-10H2. The van der Waals surface area contributed by atoms with Gasteiger partial charge in [0.2, 0.25) is 0 Å². The van der Waals surface area contributed by atoms with Crippen LogP contribution in [0.25, 0.3) is 11.0 Å². The summed E-state index contributed by atoms with van der Waals surface area (Å²) in [5.41, 5.74) is 2.79. The van der Waals surface area contributed by atoms with Crippen LogP contribution in [0.5, 0.6) is 0 Å². The third-order valence-corrected chi connectivity index (χ3v) is 4.59. The molecule has 0 N–H and O–H groups in total. The van der Waals surface area contributed by atoms with Crippen LogP contribution in [0, 0.1) is 11.3 Å². The summed E-state index contributed by atoms with van der Waals surface area (Å²) in [6, 6.07) is 8.52. The van der Waals surface area contributed by atoms with Crippen LogP contribution in [0.1, 0.15) is 56.0 Å². The van der Waals surface area contributed by atoms with Crippen molar-refractivity contribution < 1.29 is 0 Å². The van der Waals surface area contributed by atoms with Crippen molar-refractivity contribution in [3.05, 3.63) is 29.6 Å². The predicted octanol–water partition coefficient (Wildman–Crippen LogP) is 4.58. The zero-order valence-electron chi connectivity index (χ0n) is 12.2. The first kappa shape index (κ1) is 14.4. The van der Waals surface area contributed by atoms with E-state index >= 15 is 0 Å². The van der Waals surface area contributed by atoms with Crippen LogP contribution in [0.3, 0.4) is 0 Å². The number of rotatable bonds is 3. The van der Waals surface area contributed by atoms with Crippen LogP contribution in [-0.4, -0.2) is 15.4 Å². The van der Waals surface area contributed by atoms with Crippen molar-refractivity contribution >= 4 is 22.6 Å². The zero-order valence-corrected chi connectivity index (χ0v) is 12.9. The second-order valence-electron chi connectivity index (χ2n) is 5.80. The molecule has 0 unspecified atom stereocenters. The lowest BCUT2D eigenvalue weighted by Crippen LogP contribution is -2.12. The quantitative estimate of drug-likeness (QED) is 0.615. The maximum atomic E-state index is 9.15. The number of hydrogen-bond donors (Lipinski definition) is 0.